The largest absolute Gasteiger partial charge is 1.00 e. The fraction of sp³-hybridized carbons (Fsp3) is 0.0769. The Morgan fingerprint density at radius 2 is 1.61 bits per heavy atom. The van der Waals surface area contributed by atoms with E-state index in [2.05, 4.69) is 15.9 Å². The van der Waals surface area contributed by atoms with Gasteiger partial charge < -0.3 is 4.89 Å². The fourth-order valence-corrected chi connectivity index (χ4v) is 4.56. The second-order valence-corrected chi connectivity index (χ2v) is 8.37. The molecule has 5 heteroatoms. The van der Waals surface area contributed by atoms with Crippen LogP contribution >= 0.6 is 22.2 Å². The van der Waals surface area contributed by atoms with Gasteiger partial charge in [0.15, 0.2) is 0 Å². The maximum Gasteiger partial charge on any atom is 1.00 e. The number of benzene rings is 2. The Kier molecular flexibility index (Phi) is 6.94. The predicted molar refractivity (Wildman–Crippen MR) is 78.9 cm³/mol. The molecule has 0 aliphatic carbocycles. The molecule has 0 bridgehead atoms. The van der Waals surface area contributed by atoms with Gasteiger partial charge in [-0.1, -0.05) is 58.6 Å². The molecule has 0 aliphatic heterocycles. The fourth-order valence-electron chi connectivity index (χ4n) is 1.67. The van der Waals surface area contributed by atoms with Crippen LogP contribution in [0.25, 0.3) is 0 Å². The molecule has 0 spiro atoms. The van der Waals surface area contributed by atoms with Gasteiger partial charge in [-0.25, -0.2) is 0 Å². The van der Waals surface area contributed by atoms with E-state index in [1.807, 2.05) is 55.5 Å². The molecule has 2 rings (SSSR count). The van der Waals surface area contributed by atoms with Crippen LogP contribution in [0, 0.1) is 6.92 Å². The minimum Gasteiger partial charge on any atom is -0.814 e. The summed E-state index contributed by atoms with van der Waals surface area (Å²) in [5.74, 6) is 0. The first kappa shape index (κ1) is 17.2. The van der Waals surface area contributed by atoms with Crippen LogP contribution in [0.5, 0.6) is 0 Å². The smallest absolute Gasteiger partial charge is 0.814 e. The van der Waals surface area contributed by atoms with Gasteiger partial charge in [0.1, 0.15) is 0 Å². The molecule has 2 aromatic rings. The van der Waals surface area contributed by atoms with Crippen molar-refractivity contribution in [2.45, 2.75) is 6.92 Å². The zero-order chi connectivity index (χ0) is 12.5. The first-order valence-electron chi connectivity index (χ1n) is 5.15. The van der Waals surface area contributed by atoms with E-state index in [-0.39, 0.29) is 51.4 Å². The zero-order valence-corrected chi connectivity index (χ0v) is 16.7. The summed E-state index contributed by atoms with van der Waals surface area (Å²) >= 11 is 8.71. The molecule has 2 aromatic carbocycles. The van der Waals surface area contributed by atoms with E-state index in [0.717, 1.165) is 15.3 Å². The van der Waals surface area contributed by atoms with Gasteiger partial charge in [-0.3, -0.25) is 0 Å². The third-order valence-corrected chi connectivity index (χ3v) is 6.46. The van der Waals surface area contributed by atoms with Crippen LogP contribution in [0.4, 0.5) is 0 Å². The first-order chi connectivity index (χ1) is 8.01. The van der Waals surface area contributed by atoms with Gasteiger partial charge in [0.05, 0.1) is 0 Å². The SMILES string of the molecule is Cc1ccccc1P([O-])(=S)c1ccc(Br)cc1.[K+]. The van der Waals surface area contributed by atoms with E-state index in [9.17, 15) is 4.89 Å². The molecule has 0 aromatic heterocycles. The molecule has 0 saturated carbocycles. The van der Waals surface area contributed by atoms with E-state index in [1.54, 1.807) is 0 Å². The molecule has 0 saturated heterocycles. The van der Waals surface area contributed by atoms with Crippen molar-refractivity contribution >= 4 is 44.6 Å². The van der Waals surface area contributed by atoms with Gasteiger partial charge >= 0.3 is 51.4 Å². The standard InChI is InChI=1S/C13H12BrOPS.K/c1-10-4-2-3-5-13(10)16(15,17)12-8-6-11(14)7-9-12;/h2-9H,1H3,(H,15,17);/q;+1/p-1. The normalized spacial score (nSPS) is 13.5. The quantitative estimate of drug-likeness (QED) is 0.528. The van der Waals surface area contributed by atoms with Gasteiger partial charge in [-0.05, 0) is 35.2 Å². The molecule has 0 radical (unpaired) electrons. The maximum absolute atomic E-state index is 12.7. The van der Waals surface area contributed by atoms with Crippen LogP contribution in [0.1, 0.15) is 5.56 Å². The molecule has 0 amide bonds. The molecule has 0 heterocycles. The number of aryl methyl sites for hydroxylation is 1. The molecule has 0 N–H and O–H groups in total. The van der Waals surface area contributed by atoms with Crippen molar-refractivity contribution in [3.8, 4) is 0 Å². The van der Waals surface area contributed by atoms with Crippen molar-refractivity contribution in [2.24, 2.45) is 0 Å². The molecule has 0 fully saturated rings. The second-order valence-electron chi connectivity index (χ2n) is 3.81. The van der Waals surface area contributed by atoms with Crippen molar-refractivity contribution in [2.75, 3.05) is 0 Å². The molecular weight excluding hydrogens is 354 g/mol. The Balaban J connectivity index is 0.00000162. The molecule has 0 aliphatic rings. The second kappa shape index (κ2) is 7.25. The predicted octanol–water partition coefficient (Wildman–Crippen LogP) is -0.533. The molecular formula is C13H11BrKOPS. The van der Waals surface area contributed by atoms with Crippen LogP contribution in [-0.4, -0.2) is 0 Å². The summed E-state index contributed by atoms with van der Waals surface area (Å²) in [4.78, 5) is 12.7. The number of hydrogen-bond donors (Lipinski definition) is 0. The van der Waals surface area contributed by atoms with Crippen molar-refractivity contribution < 1.29 is 56.3 Å². The third kappa shape index (κ3) is 3.84. The zero-order valence-electron chi connectivity index (χ0n) is 10.3. The number of hydrogen-bond acceptors (Lipinski definition) is 2. The maximum atomic E-state index is 12.7. The van der Waals surface area contributed by atoms with E-state index in [0.29, 0.717) is 5.30 Å². The Labute approximate surface area is 164 Å². The Bertz CT molecular complexity index is 586. The average molecular weight is 365 g/mol. The summed E-state index contributed by atoms with van der Waals surface area (Å²) in [5, 5.41) is 1.47. The van der Waals surface area contributed by atoms with E-state index in [1.165, 1.54) is 0 Å². The third-order valence-electron chi connectivity index (χ3n) is 2.60. The van der Waals surface area contributed by atoms with Crippen LogP contribution in [0.2, 0.25) is 0 Å². The van der Waals surface area contributed by atoms with Crippen molar-refractivity contribution in [1.82, 2.24) is 0 Å². The van der Waals surface area contributed by atoms with Crippen molar-refractivity contribution in [1.29, 1.82) is 0 Å². The van der Waals surface area contributed by atoms with Gasteiger partial charge in [0.25, 0.3) is 0 Å². The number of halogens is 1. The van der Waals surface area contributed by atoms with Crippen molar-refractivity contribution in [3.63, 3.8) is 0 Å². The molecule has 1 nitrogen and oxygen atoms in total. The summed E-state index contributed by atoms with van der Waals surface area (Å²) in [6.07, 6.45) is -2.89. The van der Waals surface area contributed by atoms with E-state index in [4.69, 9.17) is 11.8 Å². The summed E-state index contributed by atoms with van der Waals surface area (Å²) in [7, 11) is 0. The molecule has 18 heavy (non-hydrogen) atoms. The van der Waals surface area contributed by atoms with Gasteiger partial charge in [0, 0.05) is 4.47 Å². The Morgan fingerprint density at radius 3 is 2.17 bits per heavy atom. The topological polar surface area (TPSA) is 23.1 Å². The number of rotatable bonds is 2. The average Bonchev–Trinajstić information content (AvgIpc) is 2.30. The van der Waals surface area contributed by atoms with Crippen molar-refractivity contribution in [3.05, 3.63) is 58.6 Å². The summed E-state index contributed by atoms with van der Waals surface area (Å²) in [6, 6.07) is 15.0. The summed E-state index contributed by atoms with van der Waals surface area (Å²) < 4.78 is 0.959. The van der Waals surface area contributed by atoms with E-state index < -0.39 is 6.26 Å². The van der Waals surface area contributed by atoms with Crippen LogP contribution in [0.15, 0.2) is 53.0 Å². The van der Waals surface area contributed by atoms with E-state index >= 15 is 0 Å². The van der Waals surface area contributed by atoms with Crippen LogP contribution < -0.4 is 66.9 Å². The minimum atomic E-state index is -2.89. The first-order valence-corrected chi connectivity index (χ1v) is 8.66. The minimum absolute atomic E-state index is 0. The monoisotopic (exact) mass is 364 g/mol. The Hall–Kier alpha value is 1.17. The summed E-state index contributed by atoms with van der Waals surface area (Å²) in [6.45, 7) is 1.94. The Morgan fingerprint density at radius 1 is 1.06 bits per heavy atom. The molecule has 1 unspecified atom stereocenters. The van der Waals surface area contributed by atoms with Gasteiger partial charge in [0.2, 0.25) is 0 Å². The molecule has 1 atom stereocenters. The summed E-state index contributed by atoms with van der Waals surface area (Å²) in [5.41, 5.74) is 0.980. The van der Waals surface area contributed by atoms with Crippen LogP contribution in [0.3, 0.4) is 0 Å². The van der Waals surface area contributed by atoms with Gasteiger partial charge in [-0.2, -0.15) is 0 Å². The van der Waals surface area contributed by atoms with Crippen LogP contribution in [-0.2, 0) is 11.8 Å². The van der Waals surface area contributed by atoms with Gasteiger partial charge in [-0.15, -0.1) is 11.8 Å². The molecule has 88 valence electrons.